The maximum absolute atomic E-state index is 10.4. The standard InChI is InChI=1S/C24H30O7/c1-14-2-5-16(24-23(28)22(27)21(26)20(12-25)31-24)11-17(14)10-15-3-6-18(7-4-15)30-19-8-9-29-13-19/h2-7,11,19-28H,8-10,12-13H2,1H3/t19-,20?,21?,22?,23?,24?/m1/s1. The van der Waals surface area contributed by atoms with E-state index in [0.29, 0.717) is 18.6 Å². The number of hydrogen-bond acceptors (Lipinski definition) is 7. The Morgan fingerprint density at radius 1 is 1.00 bits per heavy atom. The Balaban J connectivity index is 1.49. The van der Waals surface area contributed by atoms with E-state index in [9.17, 15) is 20.4 Å². The first kappa shape index (κ1) is 22.2. The van der Waals surface area contributed by atoms with Crippen LogP contribution >= 0.6 is 0 Å². The van der Waals surface area contributed by atoms with E-state index in [2.05, 4.69) is 0 Å². The molecular weight excluding hydrogens is 400 g/mol. The Morgan fingerprint density at radius 2 is 1.77 bits per heavy atom. The molecule has 2 saturated heterocycles. The van der Waals surface area contributed by atoms with Crippen LogP contribution in [0.5, 0.6) is 5.75 Å². The highest BCUT2D eigenvalue weighted by Crippen LogP contribution is 2.33. The number of ether oxygens (including phenoxy) is 3. The Kier molecular flexibility index (Phi) is 6.91. The predicted octanol–water partition coefficient (Wildman–Crippen LogP) is 1.27. The molecule has 5 unspecified atom stereocenters. The molecule has 2 aromatic rings. The van der Waals surface area contributed by atoms with Crippen LogP contribution in [-0.4, -0.2) is 70.8 Å². The van der Waals surface area contributed by atoms with Gasteiger partial charge in [0.05, 0.1) is 19.8 Å². The fourth-order valence-corrected chi connectivity index (χ4v) is 4.14. The summed E-state index contributed by atoms with van der Waals surface area (Å²) < 4.78 is 17.0. The summed E-state index contributed by atoms with van der Waals surface area (Å²) in [5.41, 5.74) is 3.96. The normalized spacial score (nSPS) is 31.0. The van der Waals surface area contributed by atoms with E-state index in [1.54, 1.807) is 0 Å². The van der Waals surface area contributed by atoms with E-state index in [-0.39, 0.29) is 6.10 Å². The van der Waals surface area contributed by atoms with E-state index in [0.717, 1.165) is 35.5 Å². The zero-order valence-corrected chi connectivity index (χ0v) is 17.6. The minimum Gasteiger partial charge on any atom is -0.488 e. The van der Waals surface area contributed by atoms with Gasteiger partial charge in [0.2, 0.25) is 0 Å². The van der Waals surface area contributed by atoms with Crippen molar-refractivity contribution in [3.05, 3.63) is 64.7 Å². The Labute approximate surface area is 181 Å². The number of aliphatic hydroxyl groups excluding tert-OH is 4. The van der Waals surface area contributed by atoms with Crippen LogP contribution in [0.4, 0.5) is 0 Å². The molecular formula is C24H30O7. The summed E-state index contributed by atoms with van der Waals surface area (Å²) in [6.45, 7) is 2.95. The van der Waals surface area contributed by atoms with Gasteiger partial charge >= 0.3 is 0 Å². The number of benzene rings is 2. The summed E-state index contributed by atoms with van der Waals surface area (Å²) in [5, 5.41) is 40.0. The molecule has 0 bridgehead atoms. The summed E-state index contributed by atoms with van der Waals surface area (Å²) in [7, 11) is 0. The molecule has 2 aromatic carbocycles. The van der Waals surface area contributed by atoms with Crippen LogP contribution in [0.25, 0.3) is 0 Å². The highest BCUT2D eigenvalue weighted by atomic mass is 16.5. The van der Waals surface area contributed by atoms with Crippen molar-refractivity contribution in [2.45, 2.75) is 56.4 Å². The van der Waals surface area contributed by atoms with E-state index in [1.165, 1.54) is 0 Å². The summed E-state index contributed by atoms with van der Waals surface area (Å²) in [6, 6.07) is 13.7. The van der Waals surface area contributed by atoms with Crippen LogP contribution in [0.3, 0.4) is 0 Å². The molecule has 4 rings (SSSR count). The maximum Gasteiger partial charge on any atom is 0.124 e. The van der Waals surface area contributed by atoms with E-state index in [4.69, 9.17) is 14.2 Å². The predicted molar refractivity (Wildman–Crippen MR) is 113 cm³/mol. The second kappa shape index (κ2) is 9.65. The van der Waals surface area contributed by atoms with E-state index < -0.39 is 37.1 Å². The van der Waals surface area contributed by atoms with Gasteiger partial charge in [0, 0.05) is 6.42 Å². The van der Waals surface area contributed by atoms with Crippen molar-refractivity contribution >= 4 is 0 Å². The summed E-state index contributed by atoms with van der Waals surface area (Å²) in [4.78, 5) is 0. The molecule has 2 fully saturated rings. The van der Waals surface area contributed by atoms with Gasteiger partial charge in [-0.2, -0.15) is 0 Å². The van der Waals surface area contributed by atoms with Crippen LogP contribution in [0.2, 0.25) is 0 Å². The lowest BCUT2D eigenvalue weighted by atomic mass is 9.89. The van der Waals surface area contributed by atoms with Gasteiger partial charge in [-0.15, -0.1) is 0 Å². The number of hydrogen-bond donors (Lipinski definition) is 4. The van der Waals surface area contributed by atoms with Gasteiger partial charge in [0.15, 0.2) is 0 Å². The van der Waals surface area contributed by atoms with Gasteiger partial charge in [-0.25, -0.2) is 0 Å². The van der Waals surface area contributed by atoms with Crippen molar-refractivity contribution < 1.29 is 34.6 Å². The molecule has 31 heavy (non-hydrogen) atoms. The van der Waals surface area contributed by atoms with Gasteiger partial charge < -0.3 is 34.6 Å². The fraction of sp³-hybridized carbons (Fsp3) is 0.500. The fourth-order valence-electron chi connectivity index (χ4n) is 4.14. The third-order valence-corrected chi connectivity index (χ3v) is 6.10. The Hall–Kier alpha value is -2.00. The average molecular weight is 430 g/mol. The second-order valence-corrected chi connectivity index (χ2v) is 8.36. The lowest BCUT2D eigenvalue weighted by molar-refractivity contribution is -0.231. The van der Waals surface area contributed by atoms with Gasteiger partial charge in [-0.1, -0.05) is 30.3 Å². The number of aryl methyl sites for hydroxylation is 1. The smallest absolute Gasteiger partial charge is 0.124 e. The quantitative estimate of drug-likeness (QED) is 0.547. The van der Waals surface area contributed by atoms with Crippen molar-refractivity contribution in [2.75, 3.05) is 19.8 Å². The molecule has 0 amide bonds. The van der Waals surface area contributed by atoms with Crippen LogP contribution in [0.15, 0.2) is 42.5 Å². The molecule has 2 heterocycles. The van der Waals surface area contributed by atoms with Crippen molar-refractivity contribution in [1.29, 1.82) is 0 Å². The zero-order valence-electron chi connectivity index (χ0n) is 17.6. The molecule has 0 spiro atoms. The molecule has 6 atom stereocenters. The highest BCUT2D eigenvalue weighted by Gasteiger charge is 2.43. The van der Waals surface area contributed by atoms with E-state index in [1.807, 2.05) is 49.4 Å². The van der Waals surface area contributed by atoms with Crippen LogP contribution < -0.4 is 4.74 Å². The summed E-state index contributed by atoms with van der Waals surface area (Å²) in [5.74, 6) is 0.825. The van der Waals surface area contributed by atoms with Crippen molar-refractivity contribution in [2.24, 2.45) is 0 Å². The largest absolute Gasteiger partial charge is 0.488 e. The molecule has 7 heteroatoms. The molecule has 4 N–H and O–H groups in total. The van der Waals surface area contributed by atoms with Crippen LogP contribution in [0.1, 0.15) is 34.8 Å². The highest BCUT2D eigenvalue weighted by molar-refractivity contribution is 5.38. The second-order valence-electron chi connectivity index (χ2n) is 8.36. The topological polar surface area (TPSA) is 109 Å². The maximum atomic E-state index is 10.4. The van der Waals surface area contributed by atoms with Crippen molar-refractivity contribution in [1.82, 2.24) is 0 Å². The van der Waals surface area contributed by atoms with Crippen LogP contribution in [0, 0.1) is 6.92 Å². The van der Waals surface area contributed by atoms with Gasteiger partial charge in [0.25, 0.3) is 0 Å². The Bertz CT molecular complexity index is 861. The van der Waals surface area contributed by atoms with Gasteiger partial charge in [0.1, 0.15) is 42.4 Å². The molecule has 0 radical (unpaired) electrons. The van der Waals surface area contributed by atoms with Gasteiger partial charge in [-0.3, -0.25) is 0 Å². The summed E-state index contributed by atoms with van der Waals surface area (Å²) in [6.07, 6.45) is -4.09. The minimum absolute atomic E-state index is 0.114. The first-order valence-electron chi connectivity index (χ1n) is 10.7. The molecule has 2 aliphatic heterocycles. The first-order chi connectivity index (χ1) is 15.0. The first-order valence-corrected chi connectivity index (χ1v) is 10.7. The van der Waals surface area contributed by atoms with Crippen molar-refractivity contribution in [3.8, 4) is 5.75 Å². The number of rotatable bonds is 6. The molecule has 2 aliphatic rings. The molecule has 7 nitrogen and oxygen atoms in total. The lowest BCUT2D eigenvalue weighted by Gasteiger charge is -2.40. The van der Waals surface area contributed by atoms with Crippen LogP contribution in [-0.2, 0) is 15.9 Å². The monoisotopic (exact) mass is 430 g/mol. The van der Waals surface area contributed by atoms with E-state index >= 15 is 0 Å². The molecule has 0 aromatic heterocycles. The lowest BCUT2D eigenvalue weighted by Crippen LogP contribution is -2.55. The van der Waals surface area contributed by atoms with Gasteiger partial charge in [-0.05, 0) is 47.7 Å². The third-order valence-electron chi connectivity index (χ3n) is 6.10. The number of aliphatic hydroxyl groups is 4. The summed E-state index contributed by atoms with van der Waals surface area (Å²) >= 11 is 0. The Morgan fingerprint density at radius 3 is 2.45 bits per heavy atom. The molecule has 0 aliphatic carbocycles. The molecule has 0 saturated carbocycles. The molecule has 168 valence electrons. The average Bonchev–Trinajstić information content (AvgIpc) is 3.28. The third kappa shape index (κ3) is 4.92. The minimum atomic E-state index is -1.39. The zero-order chi connectivity index (χ0) is 22.0. The SMILES string of the molecule is Cc1ccc(C2OC(CO)C(O)C(O)C2O)cc1Cc1ccc(O[C@@H]2CCOC2)cc1. The van der Waals surface area contributed by atoms with Crippen molar-refractivity contribution in [3.63, 3.8) is 0 Å².